The zero-order valence-corrected chi connectivity index (χ0v) is 12.0. The van der Waals surface area contributed by atoms with E-state index in [4.69, 9.17) is 15.7 Å². The van der Waals surface area contributed by atoms with Crippen LogP contribution in [0.2, 0.25) is 0 Å². The van der Waals surface area contributed by atoms with E-state index in [1.54, 1.807) is 7.11 Å². The van der Waals surface area contributed by atoms with Crippen LogP contribution in [0.15, 0.2) is 23.4 Å². The van der Waals surface area contributed by atoms with Crippen molar-refractivity contribution >= 4 is 23.3 Å². The molecule has 0 bridgehead atoms. The van der Waals surface area contributed by atoms with E-state index < -0.39 is 0 Å². The minimum atomic E-state index is 0.121. The van der Waals surface area contributed by atoms with E-state index >= 15 is 0 Å². The Labute approximate surface area is 117 Å². The van der Waals surface area contributed by atoms with Crippen LogP contribution in [-0.4, -0.2) is 42.7 Å². The van der Waals surface area contributed by atoms with Gasteiger partial charge in [-0.15, -0.1) is 0 Å². The van der Waals surface area contributed by atoms with Gasteiger partial charge in [0.25, 0.3) is 0 Å². The summed E-state index contributed by atoms with van der Waals surface area (Å²) in [5.41, 5.74) is 7.41. The third-order valence-corrected chi connectivity index (χ3v) is 4.57. The van der Waals surface area contributed by atoms with Gasteiger partial charge in [0.1, 0.15) is 5.75 Å². The molecule has 3 N–H and O–H groups in total. The molecule has 1 aromatic rings. The second-order valence-electron chi connectivity index (χ2n) is 4.50. The molecule has 1 fully saturated rings. The first kappa shape index (κ1) is 13.9. The lowest BCUT2D eigenvalue weighted by Crippen LogP contribution is -2.33. The molecule has 6 heteroatoms. The first-order valence-corrected chi connectivity index (χ1v) is 7.29. The fourth-order valence-corrected chi connectivity index (χ4v) is 3.49. The SMILES string of the molecule is COc1ccc(/C(N)=N/O)c(N(C)C2CCSC2)c1. The van der Waals surface area contributed by atoms with Gasteiger partial charge in [0, 0.05) is 30.5 Å². The maximum Gasteiger partial charge on any atom is 0.172 e. The van der Waals surface area contributed by atoms with Crippen molar-refractivity contribution in [1.29, 1.82) is 0 Å². The number of amidine groups is 1. The highest BCUT2D eigenvalue weighted by molar-refractivity contribution is 7.99. The summed E-state index contributed by atoms with van der Waals surface area (Å²) in [5, 5.41) is 12.0. The Morgan fingerprint density at radius 2 is 2.37 bits per heavy atom. The molecule has 19 heavy (non-hydrogen) atoms. The minimum Gasteiger partial charge on any atom is -0.497 e. The van der Waals surface area contributed by atoms with Crippen molar-refractivity contribution in [2.24, 2.45) is 10.9 Å². The molecule has 0 amide bonds. The molecule has 1 aromatic carbocycles. The Hall–Kier alpha value is -1.56. The molecule has 1 aliphatic rings. The van der Waals surface area contributed by atoms with Crippen molar-refractivity contribution in [3.05, 3.63) is 23.8 Å². The van der Waals surface area contributed by atoms with Crippen LogP contribution in [0.3, 0.4) is 0 Å². The molecule has 2 rings (SSSR count). The number of benzene rings is 1. The molecule has 104 valence electrons. The highest BCUT2D eigenvalue weighted by atomic mass is 32.2. The number of methoxy groups -OCH3 is 1. The van der Waals surface area contributed by atoms with Gasteiger partial charge in [-0.05, 0) is 24.3 Å². The summed E-state index contributed by atoms with van der Waals surface area (Å²) in [4.78, 5) is 2.19. The smallest absolute Gasteiger partial charge is 0.172 e. The van der Waals surface area contributed by atoms with Crippen LogP contribution in [-0.2, 0) is 0 Å². The quantitative estimate of drug-likeness (QED) is 0.381. The highest BCUT2D eigenvalue weighted by Gasteiger charge is 2.23. The lowest BCUT2D eigenvalue weighted by molar-refractivity contribution is 0.318. The van der Waals surface area contributed by atoms with Crippen LogP contribution >= 0.6 is 11.8 Å². The Kier molecular flexibility index (Phi) is 4.42. The number of hydrogen-bond acceptors (Lipinski definition) is 5. The molecular formula is C13H19N3O2S. The summed E-state index contributed by atoms with van der Waals surface area (Å²) in [6.07, 6.45) is 1.15. The minimum absolute atomic E-state index is 0.121. The Morgan fingerprint density at radius 1 is 1.58 bits per heavy atom. The number of hydrogen-bond donors (Lipinski definition) is 2. The lowest BCUT2D eigenvalue weighted by Gasteiger charge is -2.28. The number of rotatable bonds is 4. The molecule has 0 aromatic heterocycles. The van der Waals surface area contributed by atoms with Crippen molar-refractivity contribution in [3.8, 4) is 5.75 Å². The number of oxime groups is 1. The maximum absolute atomic E-state index is 8.90. The predicted octanol–water partition coefficient (Wildman–Crippen LogP) is 1.73. The van der Waals surface area contributed by atoms with Gasteiger partial charge >= 0.3 is 0 Å². The highest BCUT2D eigenvalue weighted by Crippen LogP contribution is 2.31. The Balaban J connectivity index is 2.39. The van der Waals surface area contributed by atoms with E-state index in [0.29, 0.717) is 6.04 Å². The van der Waals surface area contributed by atoms with Crippen molar-refractivity contribution in [3.63, 3.8) is 0 Å². The van der Waals surface area contributed by atoms with Crippen LogP contribution in [0.5, 0.6) is 5.75 Å². The third-order valence-electron chi connectivity index (χ3n) is 3.42. The number of thioether (sulfide) groups is 1. The van der Waals surface area contributed by atoms with E-state index in [9.17, 15) is 0 Å². The number of nitrogens with zero attached hydrogens (tertiary/aromatic N) is 2. The second kappa shape index (κ2) is 6.06. The second-order valence-corrected chi connectivity index (χ2v) is 5.65. The van der Waals surface area contributed by atoms with E-state index in [2.05, 4.69) is 10.1 Å². The van der Waals surface area contributed by atoms with E-state index in [1.807, 2.05) is 37.0 Å². The monoisotopic (exact) mass is 281 g/mol. The van der Waals surface area contributed by atoms with Gasteiger partial charge < -0.3 is 20.6 Å². The largest absolute Gasteiger partial charge is 0.497 e. The standard InChI is InChI=1S/C13H19N3O2S/c1-16(9-5-6-19-8-9)12-7-10(18-2)3-4-11(12)13(14)15-17/h3-4,7,9,17H,5-6,8H2,1-2H3,(H2,14,15). The Morgan fingerprint density at radius 3 is 2.95 bits per heavy atom. The zero-order valence-electron chi connectivity index (χ0n) is 11.2. The Bertz CT molecular complexity index is 473. The average molecular weight is 281 g/mol. The molecule has 0 saturated carbocycles. The molecule has 1 heterocycles. The molecule has 0 spiro atoms. The van der Waals surface area contributed by atoms with Crippen LogP contribution in [0.25, 0.3) is 0 Å². The molecule has 0 radical (unpaired) electrons. The van der Waals surface area contributed by atoms with E-state index in [1.165, 1.54) is 5.75 Å². The van der Waals surface area contributed by atoms with Crippen molar-refractivity contribution in [2.45, 2.75) is 12.5 Å². The van der Waals surface area contributed by atoms with Crippen LogP contribution in [0.4, 0.5) is 5.69 Å². The number of nitrogens with two attached hydrogens (primary N) is 1. The summed E-state index contributed by atoms with van der Waals surface area (Å²) in [5.74, 6) is 3.17. The fraction of sp³-hybridized carbons (Fsp3) is 0.462. The van der Waals surface area contributed by atoms with Gasteiger partial charge in [0.15, 0.2) is 5.84 Å². The van der Waals surface area contributed by atoms with Gasteiger partial charge in [0.05, 0.1) is 12.8 Å². The molecule has 1 aliphatic heterocycles. The summed E-state index contributed by atoms with van der Waals surface area (Å²) < 4.78 is 5.26. The van der Waals surface area contributed by atoms with Crippen molar-refractivity contribution < 1.29 is 9.94 Å². The molecule has 5 nitrogen and oxygen atoms in total. The zero-order chi connectivity index (χ0) is 13.8. The topological polar surface area (TPSA) is 71.1 Å². The van der Waals surface area contributed by atoms with E-state index in [0.717, 1.165) is 29.2 Å². The van der Waals surface area contributed by atoms with Crippen LogP contribution < -0.4 is 15.4 Å². The predicted molar refractivity (Wildman–Crippen MR) is 79.6 cm³/mol. The molecule has 0 aliphatic carbocycles. The van der Waals surface area contributed by atoms with Gasteiger partial charge in [-0.25, -0.2) is 0 Å². The summed E-state index contributed by atoms with van der Waals surface area (Å²) in [7, 11) is 3.67. The number of anilines is 1. The first-order valence-electron chi connectivity index (χ1n) is 6.14. The van der Waals surface area contributed by atoms with E-state index in [-0.39, 0.29) is 5.84 Å². The first-order chi connectivity index (χ1) is 9.17. The van der Waals surface area contributed by atoms with Crippen LogP contribution in [0.1, 0.15) is 12.0 Å². The average Bonchev–Trinajstić information content (AvgIpc) is 2.99. The molecule has 1 saturated heterocycles. The number of ether oxygens (including phenoxy) is 1. The van der Waals surface area contributed by atoms with Gasteiger partial charge in [-0.3, -0.25) is 0 Å². The van der Waals surface area contributed by atoms with Gasteiger partial charge in [-0.1, -0.05) is 5.16 Å². The van der Waals surface area contributed by atoms with Crippen molar-refractivity contribution in [1.82, 2.24) is 0 Å². The van der Waals surface area contributed by atoms with Gasteiger partial charge in [0.2, 0.25) is 0 Å². The fourth-order valence-electron chi connectivity index (χ4n) is 2.22. The molecule has 1 atom stereocenters. The summed E-state index contributed by atoms with van der Waals surface area (Å²) in [6, 6.07) is 6.04. The third kappa shape index (κ3) is 2.89. The molecular weight excluding hydrogens is 262 g/mol. The summed E-state index contributed by atoms with van der Waals surface area (Å²) in [6.45, 7) is 0. The van der Waals surface area contributed by atoms with Crippen molar-refractivity contribution in [2.75, 3.05) is 30.6 Å². The van der Waals surface area contributed by atoms with Gasteiger partial charge in [-0.2, -0.15) is 11.8 Å². The normalized spacial score (nSPS) is 19.5. The molecule has 1 unspecified atom stereocenters. The van der Waals surface area contributed by atoms with Crippen LogP contribution in [0, 0.1) is 0 Å². The maximum atomic E-state index is 8.90. The lowest BCUT2D eigenvalue weighted by atomic mass is 10.1. The summed E-state index contributed by atoms with van der Waals surface area (Å²) >= 11 is 1.95.